The number of unbranched alkanes of at least 4 members (excludes halogenated alkanes) is 1. The van der Waals surface area contributed by atoms with Crippen molar-refractivity contribution in [2.45, 2.75) is 25.2 Å². The zero-order valence-corrected chi connectivity index (χ0v) is 14.8. The van der Waals surface area contributed by atoms with Gasteiger partial charge in [-0.05, 0) is 36.6 Å². The van der Waals surface area contributed by atoms with Crippen LogP contribution in [0.1, 0.15) is 24.7 Å². The van der Waals surface area contributed by atoms with E-state index in [1.54, 1.807) is 6.07 Å². The van der Waals surface area contributed by atoms with Crippen LogP contribution in [0.2, 0.25) is 0 Å². The van der Waals surface area contributed by atoms with Gasteiger partial charge >= 0.3 is 0 Å². The Kier molecular flexibility index (Phi) is 6.66. The number of hydrogen-bond donors (Lipinski definition) is 0. The number of halogens is 3. The molecule has 2 aromatic carbocycles. The molecule has 6 heteroatoms. The van der Waals surface area contributed by atoms with Gasteiger partial charge in [-0.2, -0.15) is 0 Å². The van der Waals surface area contributed by atoms with Gasteiger partial charge in [-0.15, -0.1) is 6.58 Å². The molecule has 1 heterocycles. The van der Waals surface area contributed by atoms with Crippen LogP contribution in [0.5, 0.6) is 0 Å². The summed E-state index contributed by atoms with van der Waals surface area (Å²) in [5.41, 5.74) is 0.956. The quantitative estimate of drug-likeness (QED) is 0.492. The maximum Gasteiger partial charge on any atom is 0.184 e. The van der Waals surface area contributed by atoms with Gasteiger partial charge < -0.3 is 14.2 Å². The van der Waals surface area contributed by atoms with Crippen LogP contribution in [0.25, 0.3) is 11.1 Å². The van der Waals surface area contributed by atoms with E-state index < -0.39 is 23.7 Å². The first-order valence-corrected chi connectivity index (χ1v) is 8.79. The first kappa shape index (κ1) is 19.6. The van der Waals surface area contributed by atoms with Crippen LogP contribution in [0.3, 0.4) is 0 Å². The topological polar surface area (TPSA) is 27.7 Å². The molecule has 1 aliphatic heterocycles. The molecule has 0 bridgehead atoms. The summed E-state index contributed by atoms with van der Waals surface area (Å²) in [4.78, 5) is 0. The fraction of sp³-hybridized carbons (Fsp3) is 0.333. The van der Waals surface area contributed by atoms with E-state index >= 15 is 0 Å². The molecule has 0 saturated carbocycles. The molecule has 144 valence electrons. The highest BCUT2D eigenvalue weighted by Crippen LogP contribution is 2.30. The largest absolute Gasteiger partial charge is 0.373 e. The Morgan fingerprint density at radius 1 is 1.00 bits per heavy atom. The zero-order valence-electron chi connectivity index (χ0n) is 14.8. The summed E-state index contributed by atoms with van der Waals surface area (Å²) in [6.07, 6.45) is 2.77. The van der Waals surface area contributed by atoms with Crippen molar-refractivity contribution in [3.8, 4) is 11.1 Å². The lowest BCUT2D eigenvalue weighted by Crippen LogP contribution is -2.33. The maximum atomic E-state index is 14.5. The summed E-state index contributed by atoms with van der Waals surface area (Å²) in [5, 5.41) is 0. The Hall–Kier alpha value is -2.15. The van der Waals surface area contributed by atoms with Crippen molar-refractivity contribution in [3.05, 3.63) is 72.1 Å². The predicted octanol–water partition coefficient (Wildman–Crippen LogP) is 5.17. The maximum absolute atomic E-state index is 14.5. The van der Waals surface area contributed by atoms with Crippen LogP contribution in [0, 0.1) is 17.5 Å². The second-order valence-electron chi connectivity index (χ2n) is 6.29. The van der Waals surface area contributed by atoms with Gasteiger partial charge in [-0.3, -0.25) is 0 Å². The molecule has 0 atom stereocenters. The van der Waals surface area contributed by atoms with Gasteiger partial charge in [0.25, 0.3) is 0 Å². The molecule has 1 aliphatic rings. The molecule has 0 spiro atoms. The molecule has 1 saturated heterocycles. The molecule has 0 amide bonds. The number of ether oxygens (including phenoxy) is 3. The molecule has 0 aromatic heterocycles. The minimum atomic E-state index is -1.02. The van der Waals surface area contributed by atoms with Crippen molar-refractivity contribution in [1.82, 2.24) is 0 Å². The summed E-state index contributed by atoms with van der Waals surface area (Å²) in [5.74, 6) is -2.55. The van der Waals surface area contributed by atoms with E-state index in [-0.39, 0.29) is 17.2 Å². The van der Waals surface area contributed by atoms with E-state index in [1.807, 2.05) is 6.08 Å². The minimum absolute atomic E-state index is 0.155. The molecule has 0 radical (unpaired) electrons. The Morgan fingerprint density at radius 2 is 1.78 bits per heavy atom. The van der Waals surface area contributed by atoms with E-state index in [1.165, 1.54) is 18.2 Å². The van der Waals surface area contributed by atoms with Crippen LogP contribution in [0.15, 0.2) is 49.1 Å². The third-order valence-electron chi connectivity index (χ3n) is 4.27. The summed E-state index contributed by atoms with van der Waals surface area (Å²) in [6.45, 7) is 4.97. The van der Waals surface area contributed by atoms with Crippen molar-refractivity contribution in [2.24, 2.45) is 0 Å². The van der Waals surface area contributed by atoms with E-state index in [2.05, 4.69) is 6.58 Å². The lowest BCUT2D eigenvalue weighted by atomic mass is 10.0. The summed E-state index contributed by atoms with van der Waals surface area (Å²) in [6, 6.07) is 7.71. The van der Waals surface area contributed by atoms with Gasteiger partial charge in [0.15, 0.2) is 17.9 Å². The first-order chi connectivity index (χ1) is 13.1. The molecular weight excluding hydrogens is 357 g/mol. The monoisotopic (exact) mass is 378 g/mol. The minimum Gasteiger partial charge on any atom is -0.373 e. The third kappa shape index (κ3) is 4.97. The van der Waals surface area contributed by atoms with Gasteiger partial charge in [-0.25, -0.2) is 13.2 Å². The van der Waals surface area contributed by atoms with Gasteiger partial charge in [0.05, 0.1) is 13.2 Å². The Bertz CT molecular complexity index is 786. The molecule has 0 aliphatic carbocycles. The number of benzene rings is 2. The molecule has 3 nitrogen and oxygen atoms in total. The predicted molar refractivity (Wildman–Crippen MR) is 95.6 cm³/mol. The van der Waals surface area contributed by atoms with Crippen molar-refractivity contribution >= 4 is 0 Å². The fourth-order valence-electron chi connectivity index (χ4n) is 2.83. The van der Waals surface area contributed by atoms with Crippen molar-refractivity contribution in [3.63, 3.8) is 0 Å². The number of hydrogen-bond acceptors (Lipinski definition) is 3. The molecule has 1 fully saturated rings. The second-order valence-corrected chi connectivity index (χ2v) is 6.29. The molecular formula is C21H21F3O3. The Morgan fingerprint density at radius 3 is 2.44 bits per heavy atom. The van der Waals surface area contributed by atoms with Gasteiger partial charge in [0.2, 0.25) is 0 Å². The summed E-state index contributed by atoms with van der Waals surface area (Å²) < 4.78 is 57.8. The number of allylic oxidation sites excluding steroid dienone is 1. The Balaban J connectivity index is 1.61. The van der Waals surface area contributed by atoms with Gasteiger partial charge in [0.1, 0.15) is 11.9 Å². The standard InChI is InChI=1S/C21H21F3O3/c1-2-3-4-9-25-16-12-26-21(27-13-16)15-5-7-17(19(23)11-15)14-6-8-18(22)20(24)10-14/h2,5-8,10-11,16,21H,1,3-4,9,12-13H2. The highest BCUT2D eigenvalue weighted by Gasteiger charge is 2.25. The molecule has 0 N–H and O–H groups in total. The molecule has 3 rings (SSSR count). The fourth-order valence-corrected chi connectivity index (χ4v) is 2.83. The van der Waals surface area contributed by atoms with Crippen LogP contribution in [-0.4, -0.2) is 25.9 Å². The zero-order chi connectivity index (χ0) is 19.2. The second kappa shape index (κ2) is 9.17. The first-order valence-electron chi connectivity index (χ1n) is 8.79. The van der Waals surface area contributed by atoms with Crippen LogP contribution in [-0.2, 0) is 14.2 Å². The van der Waals surface area contributed by atoms with Crippen molar-refractivity contribution in [2.75, 3.05) is 19.8 Å². The lowest BCUT2D eigenvalue weighted by molar-refractivity contribution is -0.230. The van der Waals surface area contributed by atoms with Crippen molar-refractivity contribution in [1.29, 1.82) is 0 Å². The van der Waals surface area contributed by atoms with E-state index in [9.17, 15) is 13.2 Å². The van der Waals surface area contributed by atoms with E-state index in [0.29, 0.717) is 25.4 Å². The van der Waals surface area contributed by atoms with Crippen LogP contribution in [0.4, 0.5) is 13.2 Å². The van der Waals surface area contributed by atoms with Gasteiger partial charge in [0, 0.05) is 17.7 Å². The Labute approximate surface area is 156 Å². The molecule has 27 heavy (non-hydrogen) atoms. The van der Waals surface area contributed by atoms with Crippen LogP contribution < -0.4 is 0 Å². The normalized spacial score (nSPS) is 19.8. The summed E-state index contributed by atoms with van der Waals surface area (Å²) >= 11 is 0. The van der Waals surface area contributed by atoms with Gasteiger partial charge in [-0.1, -0.05) is 24.3 Å². The van der Waals surface area contributed by atoms with E-state index in [4.69, 9.17) is 14.2 Å². The average Bonchev–Trinajstić information content (AvgIpc) is 2.68. The third-order valence-corrected chi connectivity index (χ3v) is 4.27. The molecule has 0 unspecified atom stereocenters. The summed E-state index contributed by atoms with van der Waals surface area (Å²) in [7, 11) is 0. The van der Waals surface area contributed by atoms with E-state index in [0.717, 1.165) is 25.0 Å². The van der Waals surface area contributed by atoms with Crippen molar-refractivity contribution < 1.29 is 27.4 Å². The number of rotatable bonds is 7. The average molecular weight is 378 g/mol. The SMILES string of the molecule is C=CCCCOC1COC(c2ccc(-c3ccc(F)c(F)c3)c(F)c2)OC1. The van der Waals surface area contributed by atoms with Crippen LogP contribution >= 0.6 is 0 Å². The molecule has 2 aromatic rings. The smallest absolute Gasteiger partial charge is 0.184 e. The lowest BCUT2D eigenvalue weighted by Gasteiger charge is -2.29. The highest BCUT2D eigenvalue weighted by atomic mass is 19.2. The highest BCUT2D eigenvalue weighted by molar-refractivity contribution is 5.64.